The number of anilines is 1. The molecule has 27 heavy (non-hydrogen) atoms. The fourth-order valence-corrected chi connectivity index (χ4v) is 3.40. The fraction of sp³-hybridized carbons (Fsp3) is 0.0952. The maximum atomic E-state index is 12.5. The highest BCUT2D eigenvalue weighted by atomic mass is 16.6. The molecule has 3 aromatic carbocycles. The zero-order valence-corrected chi connectivity index (χ0v) is 14.6. The number of nitro benzene ring substituents is 1. The molecule has 0 saturated heterocycles. The van der Waals surface area contributed by atoms with Gasteiger partial charge in [-0.3, -0.25) is 14.9 Å². The summed E-state index contributed by atoms with van der Waals surface area (Å²) in [6.07, 6.45) is 0.823. The maximum Gasteiger partial charge on any atom is 0.311 e. The van der Waals surface area contributed by atoms with E-state index in [4.69, 9.17) is 4.74 Å². The summed E-state index contributed by atoms with van der Waals surface area (Å²) < 4.78 is 4.97. The third kappa shape index (κ3) is 3.01. The molecule has 6 heteroatoms. The van der Waals surface area contributed by atoms with Gasteiger partial charge in [-0.1, -0.05) is 30.3 Å². The van der Waals surface area contributed by atoms with Crippen LogP contribution in [0, 0.1) is 10.1 Å². The SMILES string of the molecule is COc1ccc(C(=O)Nc2ccc3c(c2)Cc2ccccc2-3)cc1[N+](=O)[O-]. The minimum atomic E-state index is -0.567. The quantitative estimate of drug-likeness (QED) is 0.431. The maximum absolute atomic E-state index is 12.5. The molecule has 0 spiro atoms. The third-order valence-electron chi connectivity index (χ3n) is 4.69. The number of nitrogens with one attached hydrogen (secondary N) is 1. The average molecular weight is 360 g/mol. The van der Waals surface area contributed by atoms with Crippen LogP contribution in [0.1, 0.15) is 21.5 Å². The molecule has 0 fully saturated rings. The van der Waals surface area contributed by atoms with Crippen LogP contribution in [0.5, 0.6) is 5.75 Å². The van der Waals surface area contributed by atoms with Gasteiger partial charge in [0.05, 0.1) is 12.0 Å². The highest BCUT2D eigenvalue weighted by Gasteiger charge is 2.20. The molecule has 1 amide bonds. The van der Waals surface area contributed by atoms with Gasteiger partial charge in [-0.25, -0.2) is 0 Å². The van der Waals surface area contributed by atoms with Crippen molar-refractivity contribution in [3.05, 3.63) is 87.5 Å². The predicted octanol–water partition coefficient (Wildman–Crippen LogP) is 4.43. The second-order valence-electron chi connectivity index (χ2n) is 6.30. The van der Waals surface area contributed by atoms with Crippen molar-refractivity contribution in [3.8, 4) is 16.9 Å². The molecule has 0 radical (unpaired) electrons. The van der Waals surface area contributed by atoms with Gasteiger partial charge in [-0.05, 0) is 52.9 Å². The van der Waals surface area contributed by atoms with E-state index in [1.54, 1.807) is 0 Å². The zero-order valence-electron chi connectivity index (χ0n) is 14.6. The lowest BCUT2D eigenvalue weighted by molar-refractivity contribution is -0.385. The van der Waals surface area contributed by atoms with E-state index >= 15 is 0 Å². The summed E-state index contributed by atoms with van der Waals surface area (Å²) in [7, 11) is 1.35. The summed E-state index contributed by atoms with van der Waals surface area (Å²) in [5.74, 6) is -0.289. The van der Waals surface area contributed by atoms with Crippen LogP contribution in [0.15, 0.2) is 60.7 Å². The molecule has 1 aliphatic carbocycles. The Balaban J connectivity index is 1.59. The van der Waals surface area contributed by atoms with Crippen LogP contribution in [-0.2, 0) is 6.42 Å². The smallest absolute Gasteiger partial charge is 0.311 e. The summed E-state index contributed by atoms with van der Waals surface area (Å²) in [6, 6.07) is 18.2. The van der Waals surface area contributed by atoms with Crippen LogP contribution in [0.4, 0.5) is 11.4 Å². The van der Waals surface area contributed by atoms with Crippen LogP contribution >= 0.6 is 0 Å². The van der Waals surface area contributed by atoms with Crippen LogP contribution < -0.4 is 10.1 Å². The molecule has 0 saturated carbocycles. The molecule has 6 nitrogen and oxygen atoms in total. The normalized spacial score (nSPS) is 11.4. The van der Waals surface area contributed by atoms with Gasteiger partial charge in [-0.15, -0.1) is 0 Å². The van der Waals surface area contributed by atoms with Crippen molar-refractivity contribution in [3.63, 3.8) is 0 Å². The van der Waals surface area contributed by atoms with Gasteiger partial charge in [0.2, 0.25) is 0 Å². The first-order valence-electron chi connectivity index (χ1n) is 8.42. The van der Waals surface area contributed by atoms with Crippen molar-refractivity contribution in [2.75, 3.05) is 12.4 Å². The Morgan fingerprint density at radius 1 is 1.04 bits per heavy atom. The molecule has 1 N–H and O–H groups in total. The number of methoxy groups -OCH3 is 1. The third-order valence-corrected chi connectivity index (χ3v) is 4.69. The Labute approximate surface area is 155 Å². The lowest BCUT2D eigenvalue weighted by Gasteiger charge is -2.09. The molecule has 4 rings (SSSR count). The largest absolute Gasteiger partial charge is 0.490 e. The molecule has 0 atom stereocenters. The molecule has 0 bridgehead atoms. The van der Waals surface area contributed by atoms with E-state index in [0.717, 1.165) is 12.0 Å². The summed E-state index contributed by atoms with van der Waals surface area (Å²) in [5, 5.41) is 14.0. The number of carbonyl (C=O) groups excluding carboxylic acids is 1. The fourth-order valence-electron chi connectivity index (χ4n) is 3.40. The number of carbonyl (C=O) groups is 1. The second-order valence-corrected chi connectivity index (χ2v) is 6.30. The monoisotopic (exact) mass is 360 g/mol. The van der Waals surface area contributed by atoms with E-state index in [0.29, 0.717) is 5.69 Å². The highest BCUT2D eigenvalue weighted by Crippen LogP contribution is 2.37. The Kier molecular flexibility index (Phi) is 4.08. The Morgan fingerprint density at radius 3 is 2.59 bits per heavy atom. The number of nitrogens with zero attached hydrogens (tertiary/aromatic N) is 1. The number of fused-ring (bicyclic) bond motifs is 3. The zero-order chi connectivity index (χ0) is 19.0. The number of benzene rings is 3. The lowest BCUT2D eigenvalue weighted by atomic mass is 10.1. The van der Waals surface area contributed by atoms with Crippen LogP contribution in [-0.4, -0.2) is 17.9 Å². The topological polar surface area (TPSA) is 81.5 Å². The molecule has 0 aliphatic heterocycles. The van der Waals surface area contributed by atoms with Crippen molar-refractivity contribution in [1.29, 1.82) is 0 Å². The Bertz CT molecular complexity index is 1080. The molecule has 134 valence electrons. The number of ether oxygens (including phenoxy) is 1. The van der Waals surface area contributed by atoms with Gasteiger partial charge in [0.15, 0.2) is 5.75 Å². The van der Waals surface area contributed by atoms with Gasteiger partial charge in [0, 0.05) is 17.3 Å². The Hall–Kier alpha value is -3.67. The van der Waals surface area contributed by atoms with E-state index in [2.05, 4.69) is 17.4 Å². The van der Waals surface area contributed by atoms with Crippen molar-refractivity contribution < 1.29 is 14.5 Å². The first-order valence-corrected chi connectivity index (χ1v) is 8.42. The molecule has 3 aromatic rings. The summed E-state index contributed by atoms with van der Waals surface area (Å²) in [5.41, 5.74) is 5.42. The number of amides is 1. The first kappa shape index (κ1) is 16.8. The van der Waals surface area contributed by atoms with Gasteiger partial charge in [-0.2, -0.15) is 0 Å². The molecular formula is C21H16N2O4. The molecule has 1 aliphatic rings. The summed E-state index contributed by atoms with van der Waals surface area (Å²) in [4.78, 5) is 23.1. The molecule has 0 heterocycles. The van der Waals surface area contributed by atoms with Gasteiger partial charge in [0.25, 0.3) is 5.91 Å². The number of rotatable bonds is 4. The number of hydrogen-bond acceptors (Lipinski definition) is 4. The van der Waals surface area contributed by atoms with Crippen molar-refractivity contribution in [1.82, 2.24) is 0 Å². The van der Waals surface area contributed by atoms with Crippen molar-refractivity contribution in [2.45, 2.75) is 6.42 Å². The molecular weight excluding hydrogens is 344 g/mol. The van der Waals surface area contributed by atoms with Crippen molar-refractivity contribution in [2.24, 2.45) is 0 Å². The van der Waals surface area contributed by atoms with Crippen LogP contribution in [0.2, 0.25) is 0 Å². The van der Waals surface area contributed by atoms with E-state index < -0.39 is 10.8 Å². The average Bonchev–Trinajstić information content (AvgIpc) is 3.05. The first-order chi connectivity index (χ1) is 13.1. The van der Waals surface area contributed by atoms with Crippen LogP contribution in [0.3, 0.4) is 0 Å². The lowest BCUT2D eigenvalue weighted by Crippen LogP contribution is -2.12. The van der Waals surface area contributed by atoms with E-state index in [-0.39, 0.29) is 17.0 Å². The van der Waals surface area contributed by atoms with E-state index in [1.165, 1.54) is 42.0 Å². The minimum absolute atomic E-state index is 0.117. The van der Waals surface area contributed by atoms with E-state index in [1.807, 2.05) is 30.3 Å². The standard InChI is InChI=1S/C21H16N2O4/c1-27-20-9-6-14(12-19(20)23(25)26)21(24)22-16-7-8-18-15(11-16)10-13-4-2-3-5-17(13)18/h2-9,11-12H,10H2,1H3,(H,22,24). The number of hydrogen-bond donors (Lipinski definition) is 1. The molecule has 0 unspecified atom stereocenters. The second kappa shape index (κ2) is 6.57. The molecule has 0 aromatic heterocycles. The van der Waals surface area contributed by atoms with E-state index in [9.17, 15) is 14.9 Å². The summed E-state index contributed by atoms with van der Waals surface area (Å²) >= 11 is 0. The van der Waals surface area contributed by atoms with Gasteiger partial charge >= 0.3 is 5.69 Å². The van der Waals surface area contributed by atoms with Crippen molar-refractivity contribution >= 4 is 17.3 Å². The van der Waals surface area contributed by atoms with Crippen LogP contribution in [0.25, 0.3) is 11.1 Å². The number of nitro groups is 1. The van der Waals surface area contributed by atoms with Gasteiger partial charge in [0.1, 0.15) is 0 Å². The minimum Gasteiger partial charge on any atom is -0.490 e. The Morgan fingerprint density at radius 2 is 1.81 bits per heavy atom. The van der Waals surface area contributed by atoms with Gasteiger partial charge < -0.3 is 10.1 Å². The predicted molar refractivity (Wildman–Crippen MR) is 102 cm³/mol. The summed E-state index contributed by atoms with van der Waals surface area (Å²) in [6.45, 7) is 0. The highest BCUT2D eigenvalue weighted by molar-refractivity contribution is 6.05.